The molecule has 0 bridgehead atoms. The van der Waals surface area contributed by atoms with E-state index in [4.69, 9.17) is 11.6 Å². The van der Waals surface area contributed by atoms with Crippen molar-refractivity contribution in [3.63, 3.8) is 0 Å². The second kappa shape index (κ2) is 6.98. The molecule has 0 saturated heterocycles. The number of benzene rings is 1. The van der Waals surface area contributed by atoms with E-state index in [-0.39, 0.29) is 11.5 Å². The topological polar surface area (TPSA) is 91.8 Å². The summed E-state index contributed by atoms with van der Waals surface area (Å²) in [4.78, 5) is 16.2. The maximum Gasteiger partial charge on any atom is 0.278 e. The van der Waals surface area contributed by atoms with Crippen molar-refractivity contribution in [3.8, 4) is 17.3 Å². The molecule has 0 aliphatic carbocycles. The minimum Gasteiger partial charge on any atom is -0.338 e. The number of hydrogen-bond donors (Lipinski definition) is 1. The molecule has 1 aromatic carbocycles. The molecule has 28 heavy (non-hydrogen) atoms. The fourth-order valence-electron chi connectivity index (χ4n) is 3.25. The summed E-state index contributed by atoms with van der Waals surface area (Å²) in [5.41, 5.74) is 3.42. The number of aromatic nitrogens is 5. The van der Waals surface area contributed by atoms with Gasteiger partial charge in [0.05, 0.1) is 24.6 Å². The first kappa shape index (κ1) is 18.0. The Kier molecular flexibility index (Phi) is 4.49. The summed E-state index contributed by atoms with van der Waals surface area (Å²) < 4.78 is 3.01. The molecule has 3 heterocycles. The van der Waals surface area contributed by atoms with Gasteiger partial charge in [0.2, 0.25) is 0 Å². The number of nitrogens with zero attached hydrogens (tertiary/aromatic N) is 5. The minimum atomic E-state index is -0.237. The molecule has 0 aliphatic heterocycles. The number of H-pyrrole nitrogens is 1. The lowest BCUT2D eigenvalue weighted by atomic mass is 10.00. The van der Waals surface area contributed by atoms with Crippen LogP contribution in [0.2, 0.25) is 5.02 Å². The van der Waals surface area contributed by atoms with Gasteiger partial charge in [-0.15, -0.1) is 0 Å². The Morgan fingerprint density at radius 3 is 2.75 bits per heavy atom. The van der Waals surface area contributed by atoms with Gasteiger partial charge in [0.25, 0.3) is 5.56 Å². The normalized spacial score (nSPS) is 11.2. The Balaban J connectivity index is 1.84. The standard InChI is InChI=1S/C20H17ClN6O/c1-12(2)17-18(25-19-14(7-22)8-24-27(19)20(17)28)15-9-23-26(11-15)10-13-5-3-4-6-16(13)21/h3-6,8-9,11-12,25H,10H2,1-2H3. The summed E-state index contributed by atoms with van der Waals surface area (Å²) in [5.74, 6) is -0.0372. The van der Waals surface area contributed by atoms with Crippen molar-refractivity contribution in [2.24, 2.45) is 0 Å². The largest absolute Gasteiger partial charge is 0.338 e. The van der Waals surface area contributed by atoms with Crippen LogP contribution in [0, 0.1) is 11.3 Å². The van der Waals surface area contributed by atoms with Gasteiger partial charge in [-0.1, -0.05) is 43.6 Å². The molecule has 0 aliphatic rings. The fraction of sp³-hybridized carbons (Fsp3) is 0.200. The van der Waals surface area contributed by atoms with Crippen LogP contribution in [-0.2, 0) is 6.54 Å². The van der Waals surface area contributed by atoms with Crippen LogP contribution >= 0.6 is 11.6 Å². The molecular formula is C20H17ClN6O. The molecular weight excluding hydrogens is 376 g/mol. The van der Waals surface area contributed by atoms with Crippen molar-refractivity contribution >= 4 is 17.2 Å². The van der Waals surface area contributed by atoms with Crippen LogP contribution in [0.15, 0.2) is 47.7 Å². The lowest BCUT2D eigenvalue weighted by molar-refractivity contribution is 0.687. The van der Waals surface area contributed by atoms with Crippen LogP contribution in [0.1, 0.15) is 36.5 Å². The van der Waals surface area contributed by atoms with Crippen LogP contribution in [-0.4, -0.2) is 24.4 Å². The zero-order valence-electron chi connectivity index (χ0n) is 15.3. The van der Waals surface area contributed by atoms with Crippen LogP contribution in [0.4, 0.5) is 0 Å². The number of nitrogens with one attached hydrogen (secondary N) is 1. The summed E-state index contributed by atoms with van der Waals surface area (Å²) in [5, 5.41) is 18.4. The van der Waals surface area contributed by atoms with Crippen LogP contribution < -0.4 is 5.56 Å². The van der Waals surface area contributed by atoms with Crippen molar-refractivity contribution in [1.29, 1.82) is 5.26 Å². The molecule has 0 fully saturated rings. The van der Waals surface area contributed by atoms with E-state index in [1.807, 2.05) is 44.3 Å². The van der Waals surface area contributed by atoms with E-state index in [0.717, 1.165) is 11.1 Å². The van der Waals surface area contributed by atoms with Crippen LogP contribution in [0.5, 0.6) is 0 Å². The zero-order chi connectivity index (χ0) is 19.8. The summed E-state index contributed by atoms with van der Waals surface area (Å²) in [7, 11) is 0. The fourth-order valence-corrected chi connectivity index (χ4v) is 3.45. The van der Waals surface area contributed by atoms with E-state index >= 15 is 0 Å². The van der Waals surface area contributed by atoms with Crippen molar-refractivity contribution in [2.75, 3.05) is 0 Å². The summed E-state index contributed by atoms with van der Waals surface area (Å²) >= 11 is 6.24. The molecule has 3 aromatic heterocycles. The molecule has 4 rings (SSSR count). The molecule has 0 spiro atoms. The zero-order valence-corrected chi connectivity index (χ0v) is 16.1. The van der Waals surface area contributed by atoms with Gasteiger partial charge < -0.3 is 4.98 Å². The Labute approximate surface area is 165 Å². The van der Waals surface area contributed by atoms with Gasteiger partial charge in [-0.3, -0.25) is 9.48 Å². The second-order valence-corrected chi connectivity index (χ2v) is 7.23. The maximum absolute atomic E-state index is 13.0. The van der Waals surface area contributed by atoms with Gasteiger partial charge in [-0.25, -0.2) is 0 Å². The minimum absolute atomic E-state index is 0.0372. The molecule has 0 radical (unpaired) electrons. The van der Waals surface area contributed by atoms with E-state index in [2.05, 4.69) is 21.3 Å². The first-order chi connectivity index (χ1) is 13.5. The van der Waals surface area contributed by atoms with Gasteiger partial charge in [-0.05, 0) is 17.5 Å². The highest BCUT2D eigenvalue weighted by Crippen LogP contribution is 2.26. The Morgan fingerprint density at radius 1 is 1.25 bits per heavy atom. The van der Waals surface area contributed by atoms with Crippen LogP contribution in [0.25, 0.3) is 16.9 Å². The third-order valence-corrected chi connectivity index (χ3v) is 4.98. The monoisotopic (exact) mass is 392 g/mol. The number of hydrogen-bond acceptors (Lipinski definition) is 4. The van der Waals surface area contributed by atoms with Crippen molar-refractivity contribution < 1.29 is 0 Å². The number of nitriles is 1. The average Bonchev–Trinajstić information content (AvgIpc) is 3.30. The molecule has 140 valence electrons. The van der Waals surface area contributed by atoms with E-state index in [1.54, 1.807) is 10.9 Å². The smallest absolute Gasteiger partial charge is 0.278 e. The molecule has 7 nitrogen and oxygen atoms in total. The summed E-state index contributed by atoms with van der Waals surface area (Å²) in [6, 6.07) is 9.66. The highest BCUT2D eigenvalue weighted by atomic mass is 35.5. The predicted octanol–water partition coefficient (Wildman–Crippen LogP) is 3.58. The Hall–Kier alpha value is -3.37. The molecule has 8 heteroatoms. The SMILES string of the molecule is CC(C)c1c(-c2cnn(Cc3ccccc3Cl)c2)[nH]c2c(C#N)cnn2c1=O. The molecule has 1 N–H and O–H groups in total. The van der Waals surface area contributed by atoms with E-state index in [1.165, 1.54) is 10.7 Å². The van der Waals surface area contributed by atoms with E-state index in [9.17, 15) is 10.1 Å². The van der Waals surface area contributed by atoms with Crippen molar-refractivity contribution in [3.05, 3.63) is 74.9 Å². The maximum atomic E-state index is 13.0. The Bertz CT molecular complexity index is 1270. The van der Waals surface area contributed by atoms with E-state index < -0.39 is 0 Å². The summed E-state index contributed by atoms with van der Waals surface area (Å²) in [6.45, 7) is 4.41. The average molecular weight is 393 g/mol. The molecule has 4 aromatic rings. The third kappa shape index (κ3) is 2.98. The number of rotatable bonds is 4. The predicted molar refractivity (Wildman–Crippen MR) is 106 cm³/mol. The molecule has 0 unspecified atom stereocenters. The first-order valence-electron chi connectivity index (χ1n) is 8.80. The van der Waals surface area contributed by atoms with Gasteiger partial charge in [-0.2, -0.15) is 20.0 Å². The highest BCUT2D eigenvalue weighted by Gasteiger charge is 2.20. The van der Waals surface area contributed by atoms with Gasteiger partial charge >= 0.3 is 0 Å². The first-order valence-corrected chi connectivity index (χ1v) is 9.17. The van der Waals surface area contributed by atoms with Gasteiger partial charge in [0, 0.05) is 22.3 Å². The highest BCUT2D eigenvalue weighted by molar-refractivity contribution is 6.31. The second-order valence-electron chi connectivity index (χ2n) is 6.82. The number of halogens is 1. The van der Waals surface area contributed by atoms with Gasteiger partial charge in [0.1, 0.15) is 11.6 Å². The number of aromatic amines is 1. The molecule has 0 amide bonds. The Morgan fingerprint density at radius 2 is 2.04 bits per heavy atom. The van der Waals surface area contributed by atoms with Gasteiger partial charge in [0.15, 0.2) is 5.65 Å². The van der Waals surface area contributed by atoms with Crippen LogP contribution in [0.3, 0.4) is 0 Å². The van der Waals surface area contributed by atoms with Crippen molar-refractivity contribution in [1.82, 2.24) is 24.4 Å². The quantitative estimate of drug-likeness (QED) is 0.574. The van der Waals surface area contributed by atoms with E-state index in [0.29, 0.717) is 34.0 Å². The molecule has 0 saturated carbocycles. The number of fused-ring (bicyclic) bond motifs is 1. The lowest BCUT2D eigenvalue weighted by Crippen LogP contribution is -2.22. The van der Waals surface area contributed by atoms with Crippen molar-refractivity contribution in [2.45, 2.75) is 26.3 Å². The summed E-state index contributed by atoms with van der Waals surface area (Å²) in [6.07, 6.45) is 4.95. The molecule has 0 atom stereocenters. The lowest BCUT2D eigenvalue weighted by Gasteiger charge is -2.11. The third-order valence-electron chi connectivity index (χ3n) is 4.61.